The molecule has 0 atom stereocenters. The van der Waals surface area contributed by atoms with Crippen molar-refractivity contribution < 1.29 is 13.9 Å². The summed E-state index contributed by atoms with van der Waals surface area (Å²) in [4.78, 5) is 19.2. The van der Waals surface area contributed by atoms with Gasteiger partial charge in [-0.2, -0.15) is 0 Å². The van der Waals surface area contributed by atoms with Crippen LogP contribution in [-0.2, 0) is 17.8 Å². The largest absolute Gasteiger partial charge is 0.497 e. The Morgan fingerprint density at radius 3 is 2.75 bits per heavy atom. The maximum atomic E-state index is 12.4. The fourth-order valence-electron chi connectivity index (χ4n) is 4.13. The number of hydrogen-bond acceptors (Lipinski definition) is 5. The van der Waals surface area contributed by atoms with E-state index in [1.54, 1.807) is 13.3 Å². The number of methoxy groups -OCH3 is 1. The second-order valence-corrected chi connectivity index (χ2v) is 8.31. The minimum absolute atomic E-state index is 0.117. The van der Waals surface area contributed by atoms with Gasteiger partial charge in [0, 0.05) is 44.1 Å². The van der Waals surface area contributed by atoms with Gasteiger partial charge >= 0.3 is 0 Å². The van der Waals surface area contributed by atoms with Crippen LogP contribution in [0.3, 0.4) is 0 Å². The lowest BCUT2D eigenvalue weighted by atomic mass is 10.0. The van der Waals surface area contributed by atoms with Gasteiger partial charge in [-0.25, -0.2) is 4.98 Å². The second-order valence-electron chi connectivity index (χ2n) is 8.31. The van der Waals surface area contributed by atoms with Crippen LogP contribution in [-0.4, -0.2) is 42.0 Å². The van der Waals surface area contributed by atoms with Crippen LogP contribution in [0, 0.1) is 0 Å². The summed E-state index contributed by atoms with van der Waals surface area (Å²) in [5.41, 5.74) is 2.27. The Morgan fingerprint density at radius 2 is 1.97 bits per heavy atom. The average molecular weight is 434 g/mol. The van der Waals surface area contributed by atoms with Crippen LogP contribution in [0.5, 0.6) is 5.75 Å². The third-order valence-corrected chi connectivity index (χ3v) is 5.90. The molecule has 1 aromatic heterocycles. The van der Waals surface area contributed by atoms with Crippen molar-refractivity contribution in [3.8, 4) is 17.1 Å². The van der Waals surface area contributed by atoms with E-state index in [1.165, 1.54) is 5.56 Å². The Bertz CT molecular complexity index is 994. The van der Waals surface area contributed by atoms with Crippen LogP contribution >= 0.6 is 0 Å². The Hall–Kier alpha value is -3.12. The van der Waals surface area contributed by atoms with E-state index < -0.39 is 0 Å². The molecule has 1 fully saturated rings. The Morgan fingerprint density at radius 1 is 1.16 bits per heavy atom. The van der Waals surface area contributed by atoms with E-state index in [-0.39, 0.29) is 11.9 Å². The van der Waals surface area contributed by atoms with Crippen LogP contribution in [0.15, 0.2) is 65.2 Å². The van der Waals surface area contributed by atoms with Gasteiger partial charge in [-0.15, -0.1) is 0 Å². The van der Waals surface area contributed by atoms with Crippen LogP contribution in [0.2, 0.25) is 0 Å². The first-order valence-corrected chi connectivity index (χ1v) is 11.3. The van der Waals surface area contributed by atoms with Gasteiger partial charge < -0.3 is 14.5 Å². The van der Waals surface area contributed by atoms with Crippen LogP contribution in [0.1, 0.15) is 37.1 Å². The number of benzene rings is 2. The number of aryl methyl sites for hydroxylation is 1. The monoisotopic (exact) mass is 433 g/mol. The average Bonchev–Trinajstić information content (AvgIpc) is 3.30. The molecule has 4 rings (SSSR count). The first-order chi connectivity index (χ1) is 15.7. The van der Waals surface area contributed by atoms with Gasteiger partial charge in [-0.1, -0.05) is 42.5 Å². The van der Waals surface area contributed by atoms with E-state index in [4.69, 9.17) is 9.15 Å². The van der Waals surface area contributed by atoms with Gasteiger partial charge in [0.25, 0.3) is 0 Å². The molecule has 0 unspecified atom stereocenters. The van der Waals surface area contributed by atoms with Gasteiger partial charge in [0.05, 0.1) is 13.3 Å². The molecule has 0 bridgehead atoms. The Balaban J connectivity index is 1.14. The number of nitrogens with one attached hydrogen (secondary N) is 1. The lowest BCUT2D eigenvalue weighted by Crippen LogP contribution is -2.44. The number of carbonyl (C=O) groups excluding carboxylic acids is 1. The number of hydrogen-bond donors (Lipinski definition) is 1. The number of ether oxygens (including phenoxy) is 1. The molecule has 1 aliphatic rings. The number of piperidine rings is 1. The maximum absolute atomic E-state index is 12.4. The van der Waals surface area contributed by atoms with Gasteiger partial charge in [0.1, 0.15) is 5.75 Å². The van der Waals surface area contributed by atoms with E-state index in [1.807, 2.05) is 42.5 Å². The highest BCUT2D eigenvalue weighted by molar-refractivity contribution is 5.76. The highest BCUT2D eigenvalue weighted by Crippen LogP contribution is 2.21. The van der Waals surface area contributed by atoms with E-state index in [0.29, 0.717) is 18.7 Å². The Labute approximate surface area is 189 Å². The number of nitrogens with zero attached hydrogens (tertiary/aromatic N) is 2. The highest BCUT2D eigenvalue weighted by atomic mass is 16.5. The van der Waals surface area contributed by atoms with E-state index in [2.05, 4.69) is 27.3 Å². The minimum Gasteiger partial charge on any atom is -0.497 e. The molecule has 2 aromatic carbocycles. The zero-order valence-corrected chi connectivity index (χ0v) is 18.6. The zero-order valence-electron chi connectivity index (χ0n) is 18.6. The summed E-state index contributed by atoms with van der Waals surface area (Å²) in [6.07, 6.45) is 5.61. The van der Waals surface area contributed by atoms with Crippen molar-refractivity contribution in [3.05, 3.63) is 72.2 Å². The quantitative estimate of drug-likeness (QED) is 0.540. The smallest absolute Gasteiger partial charge is 0.220 e. The molecule has 0 spiro atoms. The topological polar surface area (TPSA) is 67.6 Å². The predicted molar refractivity (Wildman–Crippen MR) is 124 cm³/mol. The molecule has 1 amide bonds. The van der Waals surface area contributed by atoms with Crippen molar-refractivity contribution in [2.45, 2.75) is 44.7 Å². The molecule has 6 heteroatoms. The standard InChI is InChI=1S/C26H31N3O3/c1-31-23-10-5-7-20(17-23)19-29-15-13-22(14-16-29)28-25(30)11-6-12-26-27-18-24(32-26)21-8-3-2-4-9-21/h2-5,7-10,17-18,22H,6,11-16,19H2,1H3,(H,28,30). The summed E-state index contributed by atoms with van der Waals surface area (Å²) in [7, 11) is 1.69. The molecule has 0 radical (unpaired) electrons. The normalized spacial score (nSPS) is 14.9. The van der Waals surface area contributed by atoms with Crippen LogP contribution in [0.4, 0.5) is 0 Å². The van der Waals surface area contributed by atoms with E-state index in [0.717, 1.165) is 56.0 Å². The summed E-state index contributed by atoms with van der Waals surface area (Å²) in [5.74, 6) is 2.46. The third-order valence-electron chi connectivity index (χ3n) is 5.90. The molecule has 3 aromatic rings. The van der Waals surface area contributed by atoms with Gasteiger partial charge in [0.2, 0.25) is 5.91 Å². The van der Waals surface area contributed by atoms with Crippen molar-refractivity contribution >= 4 is 5.91 Å². The third kappa shape index (κ3) is 6.20. The van der Waals surface area contributed by atoms with Crippen LogP contribution < -0.4 is 10.1 Å². The summed E-state index contributed by atoms with van der Waals surface area (Å²) in [6, 6.07) is 18.4. The maximum Gasteiger partial charge on any atom is 0.220 e. The molecule has 168 valence electrons. The number of likely N-dealkylation sites (tertiary alicyclic amines) is 1. The molecular formula is C26H31N3O3. The minimum atomic E-state index is 0.117. The molecule has 32 heavy (non-hydrogen) atoms. The van der Waals surface area contributed by atoms with Crippen molar-refractivity contribution in [1.82, 2.24) is 15.2 Å². The number of oxazole rings is 1. The molecule has 1 saturated heterocycles. The van der Waals surface area contributed by atoms with Gasteiger partial charge in [0.15, 0.2) is 11.7 Å². The second kappa shape index (κ2) is 11.0. The zero-order chi connectivity index (χ0) is 22.2. The van der Waals surface area contributed by atoms with Gasteiger partial charge in [-0.3, -0.25) is 9.69 Å². The molecule has 1 aliphatic heterocycles. The number of rotatable bonds is 9. The Kier molecular flexibility index (Phi) is 7.56. The molecule has 0 aliphatic carbocycles. The number of aromatic nitrogens is 1. The van der Waals surface area contributed by atoms with Crippen LogP contribution in [0.25, 0.3) is 11.3 Å². The lowest BCUT2D eigenvalue weighted by molar-refractivity contribution is -0.122. The lowest BCUT2D eigenvalue weighted by Gasteiger charge is -2.32. The van der Waals surface area contributed by atoms with Crippen molar-refractivity contribution in [2.24, 2.45) is 0 Å². The highest BCUT2D eigenvalue weighted by Gasteiger charge is 2.20. The molecular weight excluding hydrogens is 402 g/mol. The molecule has 2 heterocycles. The van der Waals surface area contributed by atoms with Gasteiger partial charge in [-0.05, 0) is 37.0 Å². The first-order valence-electron chi connectivity index (χ1n) is 11.3. The van der Waals surface area contributed by atoms with Crippen molar-refractivity contribution in [1.29, 1.82) is 0 Å². The molecule has 0 saturated carbocycles. The van der Waals surface area contributed by atoms with Crippen molar-refractivity contribution in [2.75, 3.05) is 20.2 Å². The molecule has 6 nitrogen and oxygen atoms in total. The predicted octanol–water partition coefficient (Wildman–Crippen LogP) is 4.45. The molecule has 1 N–H and O–H groups in total. The summed E-state index contributed by atoms with van der Waals surface area (Å²) in [6.45, 7) is 2.89. The number of carbonyl (C=O) groups is 1. The summed E-state index contributed by atoms with van der Waals surface area (Å²) in [5, 5.41) is 3.20. The van der Waals surface area contributed by atoms with E-state index >= 15 is 0 Å². The fraction of sp³-hybridized carbons (Fsp3) is 0.385. The van der Waals surface area contributed by atoms with E-state index in [9.17, 15) is 4.79 Å². The number of amides is 1. The van der Waals surface area contributed by atoms with Crippen molar-refractivity contribution in [3.63, 3.8) is 0 Å². The summed E-state index contributed by atoms with van der Waals surface area (Å²) >= 11 is 0. The fourth-order valence-corrected chi connectivity index (χ4v) is 4.13. The SMILES string of the molecule is COc1cccc(CN2CCC(NC(=O)CCCc3ncc(-c4ccccc4)o3)CC2)c1. The summed E-state index contributed by atoms with van der Waals surface area (Å²) < 4.78 is 11.1. The first kappa shape index (κ1) is 22.1.